The van der Waals surface area contributed by atoms with E-state index < -0.39 is 0 Å². The van der Waals surface area contributed by atoms with Crippen molar-refractivity contribution in [3.05, 3.63) is 26.2 Å². The Morgan fingerprint density at radius 2 is 2.19 bits per heavy atom. The van der Waals surface area contributed by atoms with Crippen molar-refractivity contribution in [3.8, 4) is 11.3 Å². The molecule has 2 nitrogen and oxygen atoms in total. The Labute approximate surface area is 107 Å². The Morgan fingerprint density at radius 1 is 1.38 bits per heavy atom. The van der Waals surface area contributed by atoms with Crippen molar-refractivity contribution >= 4 is 34.3 Å². The van der Waals surface area contributed by atoms with Crippen LogP contribution in [0.25, 0.3) is 11.3 Å². The smallest absolute Gasteiger partial charge is 0.110 e. The fraction of sp³-hybridized carbons (Fsp3) is 0.364. The molecule has 0 radical (unpaired) electrons. The van der Waals surface area contributed by atoms with Crippen LogP contribution in [0.5, 0.6) is 0 Å². The fourth-order valence-electron chi connectivity index (χ4n) is 1.67. The van der Waals surface area contributed by atoms with E-state index >= 15 is 0 Å². The van der Waals surface area contributed by atoms with Crippen LogP contribution in [-0.4, -0.2) is 4.98 Å². The molecular weight excluding hydrogens is 260 g/mol. The van der Waals surface area contributed by atoms with E-state index in [0.717, 1.165) is 20.6 Å². The summed E-state index contributed by atoms with van der Waals surface area (Å²) in [4.78, 5) is 4.60. The van der Waals surface area contributed by atoms with Gasteiger partial charge in [-0.25, -0.2) is 4.98 Å². The number of thiophene rings is 1. The standard InChI is InChI=1S/C11H11ClN2S2/c12-9-3-7(4-15-9)8-5-16-11(14-8)10(13)6-1-2-6/h3-6,10H,1-2,13H2. The van der Waals surface area contributed by atoms with Gasteiger partial charge in [-0.05, 0) is 24.8 Å². The van der Waals surface area contributed by atoms with Crippen molar-refractivity contribution in [1.29, 1.82) is 0 Å². The second-order valence-corrected chi connectivity index (χ2v) is 6.51. The highest BCUT2D eigenvalue weighted by Crippen LogP contribution is 2.41. The Kier molecular flexibility index (Phi) is 2.75. The van der Waals surface area contributed by atoms with Crippen molar-refractivity contribution in [2.75, 3.05) is 0 Å². The van der Waals surface area contributed by atoms with Crippen LogP contribution in [0, 0.1) is 5.92 Å². The lowest BCUT2D eigenvalue weighted by Crippen LogP contribution is -2.11. The zero-order valence-electron chi connectivity index (χ0n) is 8.52. The molecule has 2 N–H and O–H groups in total. The lowest BCUT2D eigenvalue weighted by Gasteiger charge is -2.04. The number of hydrogen-bond acceptors (Lipinski definition) is 4. The number of rotatable bonds is 3. The molecule has 0 aliphatic heterocycles. The minimum Gasteiger partial charge on any atom is -0.322 e. The highest BCUT2D eigenvalue weighted by molar-refractivity contribution is 7.14. The van der Waals surface area contributed by atoms with Crippen molar-refractivity contribution in [2.45, 2.75) is 18.9 Å². The van der Waals surface area contributed by atoms with Crippen LogP contribution in [0.4, 0.5) is 0 Å². The van der Waals surface area contributed by atoms with Crippen LogP contribution >= 0.6 is 34.3 Å². The third-order valence-corrected chi connectivity index (χ3v) is 4.84. The number of nitrogens with zero attached hydrogens (tertiary/aromatic N) is 1. The van der Waals surface area contributed by atoms with Crippen LogP contribution in [0.3, 0.4) is 0 Å². The molecule has 1 unspecified atom stereocenters. The van der Waals surface area contributed by atoms with Crippen LogP contribution < -0.4 is 5.73 Å². The molecule has 0 amide bonds. The van der Waals surface area contributed by atoms with Crippen LogP contribution in [0.15, 0.2) is 16.8 Å². The molecule has 1 aliphatic rings. The van der Waals surface area contributed by atoms with Crippen LogP contribution in [-0.2, 0) is 0 Å². The summed E-state index contributed by atoms with van der Waals surface area (Å²) in [6.07, 6.45) is 2.50. The molecule has 0 aromatic carbocycles. The summed E-state index contributed by atoms with van der Waals surface area (Å²) in [6, 6.07) is 2.08. The van der Waals surface area contributed by atoms with E-state index in [-0.39, 0.29) is 6.04 Å². The second kappa shape index (κ2) is 4.11. The average Bonchev–Trinajstić information content (AvgIpc) is 2.84. The Balaban J connectivity index is 1.86. The monoisotopic (exact) mass is 270 g/mol. The molecule has 1 aliphatic carbocycles. The molecule has 2 heterocycles. The first kappa shape index (κ1) is 10.7. The summed E-state index contributed by atoms with van der Waals surface area (Å²) in [5.41, 5.74) is 8.22. The highest BCUT2D eigenvalue weighted by Gasteiger charge is 2.31. The largest absolute Gasteiger partial charge is 0.322 e. The van der Waals surface area contributed by atoms with Gasteiger partial charge in [-0.3, -0.25) is 0 Å². The van der Waals surface area contributed by atoms with Gasteiger partial charge < -0.3 is 5.73 Å². The van der Waals surface area contributed by atoms with Gasteiger partial charge in [-0.2, -0.15) is 0 Å². The zero-order valence-corrected chi connectivity index (χ0v) is 10.9. The number of aromatic nitrogens is 1. The van der Waals surface area contributed by atoms with Gasteiger partial charge in [0.1, 0.15) is 5.01 Å². The predicted octanol–water partition coefficient (Wildman–Crippen LogP) is 3.93. The fourth-order valence-corrected chi connectivity index (χ4v) is 3.47. The molecule has 0 saturated heterocycles. The minimum absolute atomic E-state index is 0.132. The third-order valence-electron chi connectivity index (χ3n) is 2.80. The average molecular weight is 271 g/mol. The van der Waals surface area contributed by atoms with Gasteiger partial charge in [0.2, 0.25) is 0 Å². The molecule has 5 heteroatoms. The Morgan fingerprint density at radius 3 is 2.81 bits per heavy atom. The minimum atomic E-state index is 0.132. The third kappa shape index (κ3) is 2.02. The van der Waals surface area contributed by atoms with Gasteiger partial charge in [0.05, 0.1) is 16.1 Å². The Hall–Kier alpha value is -0.420. The summed E-state index contributed by atoms with van der Waals surface area (Å²) in [5.74, 6) is 0.657. The number of halogens is 1. The normalized spacial score (nSPS) is 17.6. The van der Waals surface area contributed by atoms with Gasteiger partial charge in [-0.1, -0.05) is 11.6 Å². The molecule has 0 bridgehead atoms. The number of hydrogen-bond donors (Lipinski definition) is 1. The van der Waals surface area contributed by atoms with Crippen molar-refractivity contribution < 1.29 is 0 Å². The lowest BCUT2D eigenvalue weighted by atomic mass is 10.2. The second-order valence-electron chi connectivity index (χ2n) is 4.07. The molecule has 1 atom stereocenters. The van der Waals surface area contributed by atoms with E-state index in [1.165, 1.54) is 24.2 Å². The predicted molar refractivity (Wildman–Crippen MR) is 70.1 cm³/mol. The summed E-state index contributed by atoms with van der Waals surface area (Å²) >= 11 is 9.10. The quantitative estimate of drug-likeness (QED) is 0.918. The van der Waals surface area contributed by atoms with E-state index in [2.05, 4.69) is 10.4 Å². The topological polar surface area (TPSA) is 38.9 Å². The SMILES string of the molecule is NC(c1nc(-c2csc(Cl)c2)cs1)C1CC1. The van der Waals surface area contributed by atoms with Crippen molar-refractivity contribution in [3.63, 3.8) is 0 Å². The molecule has 1 saturated carbocycles. The van der Waals surface area contributed by atoms with Gasteiger partial charge in [-0.15, -0.1) is 22.7 Å². The maximum Gasteiger partial charge on any atom is 0.110 e. The first-order valence-electron chi connectivity index (χ1n) is 5.19. The molecule has 16 heavy (non-hydrogen) atoms. The van der Waals surface area contributed by atoms with E-state index in [1.807, 2.05) is 11.4 Å². The van der Waals surface area contributed by atoms with Gasteiger partial charge in [0.15, 0.2) is 0 Å². The molecule has 2 aromatic heterocycles. The van der Waals surface area contributed by atoms with Crippen LogP contribution in [0.2, 0.25) is 4.34 Å². The molecular formula is C11H11ClN2S2. The highest BCUT2D eigenvalue weighted by atomic mass is 35.5. The van der Waals surface area contributed by atoms with Crippen molar-refractivity contribution in [1.82, 2.24) is 4.98 Å². The summed E-state index contributed by atoms with van der Waals surface area (Å²) < 4.78 is 0.802. The van der Waals surface area contributed by atoms with E-state index in [0.29, 0.717) is 5.92 Å². The van der Waals surface area contributed by atoms with Crippen molar-refractivity contribution in [2.24, 2.45) is 11.7 Å². The maximum absolute atomic E-state index is 6.12. The first-order valence-corrected chi connectivity index (χ1v) is 7.33. The van der Waals surface area contributed by atoms with E-state index in [9.17, 15) is 0 Å². The zero-order chi connectivity index (χ0) is 11.1. The lowest BCUT2D eigenvalue weighted by molar-refractivity contribution is 0.629. The molecule has 0 spiro atoms. The summed E-state index contributed by atoms with van der Waals surface area (Å²) in [5, 5.41) is 5.15. The molecule has 2 aromatic rings. The van der Waals surface area contributed by atoms with Crippen LogP contribution in [0.1, 0.15) is 23.9 Å². The van der Waals surface area contributed by atoms with Gasteiger partial charge >= 0.3 is 0 Å². The van der Waals surface area contributed by atoms with Gasteiger partial charge in [0.25, 0.3) is 0 Å². The van der Waals surface area contributed by atoms with E-state index in [1.54, 1.807) is 11.3 Å². The number of nitrogens with two attached hydrogens (primary N) is 1. The van der Waals surface area contributed by atoms with E-state index in [4.69, 9.17) is 17.3 Å². The summed E-state index contributed by atoms with van der Waals surface area (Å²) in [7, 11) is 0. The molecule has 1 fully saturated rings. The van der Waals surface area contributed by atoms with Gasteiger partial charge in [0, 0.05) is 16.3 Å². The molecule has 3 rings (SSSR count). The number of thiazole rings is 1. The Bertz CT molecular complexity index is 502. The maximum atomic E-state index is 6.12. The molecule has 84 valence electrons. The first-order chi connectivity index (χ1) is 7.74. The summed E-state index contributed by atoms with van der Waals surface area (Å²) in [6.45, 7) is 0.